The minimum Gasteiger partial charge on any atom is -0.422 e. The van der Waals surface area contributed by atoms with Gasteiger partial charge in [-0.25, -0.2) is 9.78 Å². The standard InChI is InChI=1S/C32H31N5O2/c38-32-35-30(29-13-6-16-33-31(29)37(32)39)34-21-23-7-4-11-27(19-23)28-12-5-8-24(20-28)22-36-17-14-26(15-18-36)25-9-2-1-3-10-25/h1-13,16,19-20,26,39H,14-15,17-18,21-22H2,(H,34,35,38). The molecular weight excluding hydrogens is 486 g/mol. The van der Waals surface area contributed by atoms with E-state index in [0.29, 0.717) is 28.4 Å². The third kappa shape index (κ3) is 5.54. The minimum absolute atomic E-state index is 0.176. The molecular formula is C32H31N5O2. The van der Waals surface area contributed by atoms with Gasteiger partial charge in [0.1, 0.15) is 5.82 Å². The third-order valence-electron chi connectivity index (χ3n) is 7.54. The van der Waals surface area contributed by atoms with Crippen LogP contribution >= 0.6 is 0 Å². The molecule has 0 spiro atoms. The molecule has 196 valence electrons. The van der Waals surface area contributed by atoms with Gasteiger partial charge in [-0.1, -0.05) is 66.7 Å². The van der Waals surface area contributed by atoms with Crippen molar-refractivity contribution in [1.82, 2.24) is 19.6 Å². The van der Waals surface area contributed by atoms with Gasteiger partial charge in [-0.2, -0.15) is 4.98 Å². The van der Waals surface area contributed by atoms with Gasteiger partial charge >= 0.3 is 5.69 Å². The highest BCUT2D eigenvalue weighted by atomic mass is 16.5. The van der Waals surface area contributed by atoms with Gasteiger partial charge < -0.3 is 10.5 Å². The number of hydrogen-bond donors (Lipinski definition) is 2. The molecule has 7 heteroatoms. The number of benzene rings is 3. The van der Waals surface area contributed by atoms with E-state index < -0.39 is 5.69 Å². The molecule has 0 bridgehead atoms. The van der Waals surface area contributed by atoms with Crippen LogP contribution in [0.5, 0.6) is 0 Å². The molecule has 1 aliphatic heterocycles. The maximum Gasteiger partial charge on any atom is 0.384 e. The molecule has 2 N–H and O–H groups in total. The summed E-state index contributed by atoms with van der Waals surface area (Å²) in [6.45, 7) is 3.67. The average molecular weight is 518 g/mol. The van der Waals surface area contributed by atoms with Crippen molar-refractivity contribution in [2.45, 2.75) is 31.8 Å². The second-order valence-electron chi connectivity index (χ2n) is 10.1. The summed E-state index contributed by atoms with van der Waals surface area (Å²) >= 11 is 0. The number of hydrogen-bond acceptors (Lipinski definition) is 6. The maximum atomic E-state index is 12.1. The minimum atomic E-state index is -0.765. The molecule has 3 aromatic carbocycles. The van der Waals surface area contributed by atoms with E-state index in [4.69, 9.17) is 0 Å². The van der Waals surface area contributed by atoms with Crippen LogP contribution in [0.25, 0.3) is 22.2 Å². The third-order valence-corrected chi connectivity index (χ3v) is 7.54. The predicted molar refractivity (Wildman–Crippen MR) is 154 cm³/mol. The van der Waals surface area contributed by atoms with Crippen molar-refractivity contribution < 1.29 is 5.21 Å². The van der Waals surface area contributed by atoms with Gasteiger partial charge in [0, 0.05) is 19.3 Å². The molecule has 0 unspecified atom stereocenters. The van der Waals surface area contributed by atoms with Crippen LogP contribution in [0.15, 0.2) is 102 Å². The first-order valence-electron chi connectivity index (χ1n) is 13.4. The fourth-order valence-electron chi connectivity index (χ4n) is 5.48. The van der Waals surface area contributed by atoms with Gasteiger partial charge in [0.2, 0.25) is 0 Å². The van der Waals surface area contributed by atoms with Gasteiger partial charge in [0.25, 0.3) is 0 Å². The van der Waals surface area contributed by atoms with Gasteiger partial charge in [-0.3, -0.25) is 4.90 Å². The zero-order valence-electron chi connectivity index (χ0n) is 21.7. The van der Waals surface area contributed by atoms with Crippen molar-refractivity contribution >= 4 is 16.9 Å². The molecule has 0 radical (unpaired) electrons. The fourth-order valence-corrected chi connectivity index (χ4v) is 5.48. The zero-order valence-corrected chi connectivity index (χ0v) is 21.7. The molecule has 2 aromatic heterocycles. The largest absolute Gasteiger partial charge is 0.422 e. The number of nitrogens with zero attached hydrogens (tertiary/aromatic N) is 4. The molecule has 0 saturated carbocycles. The number of anilines is 1. The topological polar surface area (TPSA) is 83.3 Å². The van der Waals surface area contributed by atoms with Crippen molar-refractivity contribution in [3.05, 3.63) is 124 Å². The normalized spacial score (nSPS) is 14.5. The summed E-state index contributed by atoms with van der Waals surface area (Å²) in [6.07, 6.45) is 3.93. The van der Waals surface area contributed by atoms with Crippen LogP contribution in [0.1, 0.15) is 35.4 Å². The van der Waals surface area contributed by atoms with E-state index in [1.807, 2.05) is 12.1 Å². The van der Waals surface area contributed by atoms with Crippen LogP contribution in [0, 0.1) is 0 Å². The highest BCUT2D eigenvalue weighted by Crippen LogP contribution is 2.29. The van der Waals surface area contributed by atoms with Crippen LogP contribution < -0.4 is 11.0 Å². The first kappa shape index (κ1) is 24.8. The van der Waals surface area contributed by atoms with E-state index >= 15 is 0 Å². The lowest BCUT2D eigenvalue weighted by molar-refractivity contribution is 0.182. The second-order valence-corrected chi connectivity index (χ2v) is 10.1. The summed E-state index contributed by atoms with van der Waals surface area (Å²) in [5.41, 5.74) is 5.59. The summed E-state index contributed by atoms with van der Waals surface area (Å²) in [5.74, 6) is 1.06. The van der Waals surface area contributed by atoms with Gasteiger partial charge in [-0.05, 0) is 83.9 Å². The number of piperidine rings is 1. The van der Waals surface area contributed by atoms with Crippen molar-refractivity contribution in [1.29, 1.82) is 0 Å². The first-order valence-corrected chi connectivity index (χ1v) is 13.4. The summed E-state index contributed by atoms with van der Waals surface area (Å²) in [6, 6.07) is 31.6. The Balaban J connectivity index is 1.13. The van der Waals surface area contributed by atoms with Gasteiger partial charge in [-0.15, -0.1) is 4.73 Å². The van der Waals surface area contributed by atoms with Crippen LogP contribution in [0.4, 0.5) is 5.82 Å². The molecule has 0 atom stereocenters. The smallest absolute Gasteiger partial charge is 0.384 e. The van der Waals surface area contributed by atoms with Crippen molar-refractivity contribution in [3.63, 3.8) is 0 Å². The SMILES string of the molecule is O=c1nc(NCc2cccc(-c3cccc(CN4CCC(c5ccccc5)CC4)c3)c2)c2cccnc2n1O. The monoisotopic (exact) mass is 517 g/mol. The molecule has 6 rings (SSSR count). The highest BCUT2D eigenvalue weighted by Gasteiger charge is 2.20. The van der Waals surface area contributed by atoms with Crippen LogP contribution in [0.2, 0.25) is 0 Å². The summed E-state index contributed by atoms with van der Waals surface area (Å²) < 4.78 is 0.472. The summed E-state index contributed by atoms with van der Waals surface area (Å²) in [4.78, 5) is 22.7. The molecule has 1 saturated heterocycles. The maximum absolute atomic E-state index is 12.1. The van der Waals surface area contributed by atoms with E-state index in [0.717, 1.165) is 30.8 Å². The Morgan fingerprint density at radius 2 is 1.56 bits per heavy atom. The Kier molecular flexibility index (Phi) is 7.06. The Morgan fingerprint density at radius 3 is 2.33 bits per heavy atom. The quantitative estimate of drug-likeness (QED) is 0.270. The van der Waals surface area contributed by atoms with Crippen LogP contribution in [-0.4, -0.2) is 37.9 Å². The van der Waals surface area contributed by atoms with E-state index in [-0.39, 0.29) is 5.65 Å². The number of nitrogens with one attached hydrogen (secondary N) is 1. The van der Waals surface area contributed by atoms with Gasteiger partial charge in [0.05, 0.1) is 5.39 Å². The Labute approximate surface area is 227 Å². The molecule has 0 aliphatic carbocycles. The molecule has 1 aliphatic rings. The number of likely N-dealkylation sites (tertiary alicyclic amines) is 1. The molecule has 1 fully saturated rings. The lowest BCUT2D eigenvalue weighted by Crippen LogP contribution is -2.32. The van der Waals surface area contributed by atoms with Gasteiger partial charge in [0.15, 0.2) is 5.65 Å². The van der Waals surface area contributed by atoms with E-state index in [9.17, 15) is 10.0 Å². The predicted octanol–water partition coefficient (Wildman–Crippen LogP) is 5.69. The van der Waals surface area contributed by atoms with Crippen LogP contribution in [0.3, 0.4) is 0 Å². The Hall–Kier alpha value is -4.49. The molecule has 39 heavy (non-hydrogen) atoms. The van der Waals surface area contributed by atoms with Crippen molar-refractivity contribution in [2.75, 3.05) is 18.4 Å². The summed E-state index contributed by atoms with van der Waals surface area (Å²) in [7, 11) is 0. The highest BCUT2D eigenvalue weighted by molar-refractivity contribution is 5.86. The van der Waals surface area contributed by atoms with Crippen LogP contribution in [-0.2, 0) is 13.1 Å². The van der Waals surface area contributed by atoms with Crippen molar-refractivity contribution in [3.8, 4) is 11.1 Å². The number of rotatable bonds is 7. The lowest BCUT2D eigenvalue weighted by atomic mass is 9.89. The fraction of sp³-hybridized carbons (Fsp3) is 0.219. The van der Waals surface area contributed by atoms with E-state index in [1.54, 1.807) is 12.1 Å². The number of aromatic nitrogens is 3. The lowest BCUT2D eigenvalue weighted by Gasteiger charge is -2.32. The summed E-state index contributed by atoms with van der Waals surface area (Å²) in [5, 5.41) is 13.8. The molecule has 0 amide bonds. The average Bonchev–Trinajstić information content (AvgIpc) is 2.99. The van der Waals surface area contributed by atoms with Crippen molar-refractivity contribution in [2.24, 2.45) is 0 Å². The van der Waals surface area contributed by atoms with E-state index in [1.165, 1.54) is 35.7 Å². The Bertz CT molecular complexity index is 1640. The molecule has 5 aromatic rings. The second kappa shape index (κ2) is 11.1. The molecule has 7 nitrogen and oxygen atoms in total. The zero-order chi connectivity index (χ0) is 26.6. The molecule has 3 heterocycles. The first-order chi connectivity index (χ1) is 19.1. The number of fused-ring (bicyclic) bond motifs is 1. The number of pyridine rings is 1. The van der Waals surface area contributed by atoms with E-state index in [2.05, 4.69) is 86.9 Å². The Morgan fingerprint density at radius 1 is 0.846 bits per heavy atom.